The van der Waals surface area contributed by atoms with Crippen molar-refractivity contribution in [1.82, 2.24) is 4.90 Å². The molecule has 0 saturated heterocycles. The van der Waals surface area contributed by atoms with Gasteiger partial charge < -0.3 is 10.0 Å². The van der Waals surface area contributed by atoms with E-state index in [1.165, 1.54) is 18.9 Å². The first kappa shape index (κ1) is 11.9. The number of nitrogens with zero attached hydrogens (tertiary/aromatic N) is 1. The minimum atomic E-state index is -0.938. The number of carboxylic acid groups (broad SMARTS) is 1. The topological polar surface area (TPSA) is 57.6 Å². The predicted molar refractivity (Wildman–Crippen MR) is 49.3 cm³/mol. The van der Waals surface area contributed by atoms with E-state index in [9.17, 15) is 9.59 Å². The van der Waals surface area contributed by atoms with Gasteiger partial charge in [0, 0.05) is 14.0 Å². The molecule has 0 aliphatic carbocycles. The highest BCUT2D eigenvalue weighted by Gasteiger charge is 2.28. The average Bonchev–Trinajstić information content (AvgIpc) is 2.03. The molecule has 2 atom stereocenters. The van der Waals surface area contributed by atoms with Gasteiger partial charge in [0.25, 0.3) is 0 Å². The Morgan fingerprint density at radius 2 is 1.92 bits per heavy atom. The number of hydrogen-bond donors (Lipinski definition) is 1. The largest absolute Gasteiger partial charge is 0.480 e. The lowest BCUT2D eigenvalue weighted by molar-refractivity contribution is -0.150. The van der Waals surface area contributed by atoms with Gasteiger partial charge in [0.15, 0.2) is 0 Å². The van der Waals surface area contributed by atoms with Crippen molar-refractivity contribution in [2.75, 3.05) is 7.05 Å². The van der Waals surface area contributed by atoms with E-state index in [0.717, 1.165) is 6.42 Å². The maximum Gasteiger partial charge on any atom is 0.326 e. The first-order valence-corrected chi connectivity index (χ1v) is 4.38. The molecule has 0 radical (unpaired) electrons. The van der Waals surface area contributed by atoms with Crippen molar-refractivity contribution in [2.24, 2.45) is 5.92 Å². The average molecular weight is 187 g/mol. The Hall–Kier alpha value is -1.06. The summed E-state index contributed by atoms with van der Waals surface area (Å²) in [4.78, 5) is 23.1. The van der Waals surface area contributed by atoms with Crippen LogP contribution < -0.4 is 0 Å². The second-order valence-electron chi connectivity index (χ2n) is 3.30. The van der Waals surface area contributed by atoms with E-state index in [4.69, 9.17) is 5.11 Å². The Morgan fingerprint density at radius 1 is 1.46 bits per heavy atom. The summed E-state index contributed by atoms with van der Waals surface area (Å²) in [6.07, 6.45) is 0.745. The quantitative estimate of drug-likeness (QED) is 0.713. The molecular formula is C9H17NO3. The smallest absolute Gasteiger partial charge is 0.326 e. The van der Waals surface area contributed by atoms with Crippen LogP contribution in [0.1, 0.15) is 27.2 Å². The molecule has 1 amide bonds. The summed E-state index contributed by atoms with van der Waals surface area (Å²) >= 11 is 0. The number of amides is 1. The van der Waals surface area contributed by atoms with Crippen LogP contribution in [0, 0.1) is 5.92 Å². The highest BCUT2D eigenvalue weighted by molar-refractivity contribution is 5.82. The number of carboxylic acids is 1. The Kier molecular flexibility index (Phi) is 4.45. The molecule has 0 aromatic rings. The Bertz CT molecular complexity index is 203. The molecule has 0 aromatic heterocycles. The predicted octanol–water partition coefficient (Wildman–Crippen LogP) is 0.964. The van der Waals surface area contributed by atoms with E-state index in [-0.39, 0.29) is 11.8 Å². The third-order valence-corrected chi connectivity index (χ3v) is 2.35. The zero-order valence-corrected chi connectivity index (χ0v) is 8.57. The molecular weight excluding hydrogens is 170 g/mol. The SMILES string of the molecule is CCC(C)[C@@H](C(=O)O)N(C)C(C)=O. The fourth-order valence-corrected chi connectivity index (χ4v) is 1.21. The van der Waals surface area contributed by atoms with E-state index in [1.54, 1.807) is 0 Å². The first-order chi connectivity index (χ1) is 5.91. The zero-order chi connectivity index (χ0) is 10.6. The van der Waals surface area contributed by atoms with Gasteiger partial charge in [-0.1, -0.05) is 20.3 Å². The summed E-state index contributed by atoms with van der Waals surface area (Å²) < 4.78 is 0. The van der Waals surface area contributed by atoms with Crippen LogP contribution in [0.15, 0.2) is 0 Å². The molecule has 4 heteroatoms. The van der Waals surface area contributed by atoms with Gasteiger partial charge in [0.05, 0.1) is 0 Å². The minimum absolute atomic E-state index is 0.0219. The third kappa shape index (κ3) is 3.05. The number of hydrogen-bond acceptors (Lipinski definition) is 2. The van der Waals surface area contributed by atoms with Crippen molar-refractivity contribution in [3.63, 3.8) is 0 Å². The standard InChI is InChI=1S/C9H17NO3/c1-5-6(2)8(9(12)13)10(4)7(3)11/h6,8H,5H2,1-4H3,(H,12,13)/t6?,8-/m0/s1. The van der Waals surface area contributed by atoms with E-state index in [0.29, 0.717) is 0 Å². The van der Waals surface area contributed by atoms with Crippen LogP contribution in [-0.2, 0) is 9.59 Å². The van der Waals surface area contributed by atoms with Gasteiger partial charge in [-0.15, -0.1) is 0 Å². The number of carbonyl (C=O) groups excluding carboxylic acids is 1. The molecule has 13 heavy (non-hydrogen) atoms. The Labute approximate surface area is 78.5 Å². The first-order valence-electron chi connectivity index (χ1n) is 4.38. The van der Waals surface area contributed by atoms with Crippen LogP contribution in [0.2, 0.25) is 0 Å². The lowest BCUT2D eigenvalue weighted by Crippen LogP contribution is -2.45. The monoisotopic (exact) mass is 187 g/mol. The number of likely N-dealkylation sites (N-methyl/N-ethyl adjacent to an activating group) is 1. The Balaban J connectivity index is 4.60. The number of aliphatic carboxylic acids is 1. The molecule has 0 aliphatic heterocycles. The molecule has 1 unspecified atom stereocenters. The van der Waals surface area contributed by atoms with Gasteiger partial charge in [0.2, 0.25) is 5.91 Å². The fraction of sp³-hybridized carbons (Fsp3) is 0.778. The maximum absolute atomic E-state index is 11.0. The van der Waals surface area contributed by atoms with Crippen molar-refractivity contribution in [3.05, 3.63) is 0 Å². The lowest BCUT2D eigenvalue weighted by Gasteiger charge is -2.27. The third-order valence-electron chi connectivity index (χ3n) is 2.35. The molecule has 0 fully saturated rings. The molecule has 0 rings (SSSR count). The van der Waals surface area contributed by atoms with Crippen LogP contribution in [0.25, 0.3) is 0 Å². The second kappa shape index (κ2) is 4.84. The highest BCUT2D eigenvalue weighted by atomic mass is 16.4. The van der Waals surface area contributed by atoms with Gasteiger partial charge in [0.1, 0.15) is 6.04 Å². The normalized spacial score (nSPS) is 14.8. The fourth-order valence-electron chi connectivity index (χ4n) is 1.21. The molecule has 0 bridgehead atoms. The van der Waals surface area contributed by atoms with Crippen LogP contribution in [0.5, 0.6) is 0 Å². The van der Waals surface area contributed by atoms with E-state index >= 15 is 0 Å². The van der Waals surface area contributed by atoms with Gasteiger partial charge in [-0.25, -0.2) is 4.79 Å². The van der Waals surface area contributed by atoms with Crippen molar-refractivity contribution in [2.45, 2.75) is 33.2 Å². The lowest BCUT2D eigenvalue weighted by atomic mass is 9.98. The Morgan fingerprint density at radius 3 is 2.15 bits per heavy atom. The zero-order valence-electron chi connectivity index (χ0n) is 8.57. The van der Waals surface area contributed by atoms with Crippen LogP contribution in [0.3, 0.4) is 0 Å². The summed E-state index contributed by atoms with van der Waals surface area (Å²) in [6, 6.07) is -0.706. The van der Waals surface area contributed by atoms with E-state index in [1.807, 2.05) is 13.8 Å². The molecule has 0 heterocycles. The summed E-state index contributed by atoms with van der Waals surface area (Å²) in [5.74, 6) is -1.17. The molecule has 0 aliphatic rings. The minimum Gasteiger partial charge on any atom is -0.480 e. The summed E-state index contributed by atoms with van der Waals surface area (Å²) in [7, 11) is 1.52. The molecule has 4 nitrogen and oxygen atoms in total. The van der Waals surface area contributed by atoms with Gasteiger partial charge in [-0.2, -0.15) is 0 Å². The van der Waals surface area contributed by atoms with Crippen molar-refractivity contribution in [1.29, 1.82) is 0 Å². The van der Waals surface area contributed by atoms with Crippen molar-refractivity contribution >= 4 is 11.9 Å². The van der Waals surface area contributed by atoms with Crippen molar-refractivity contribution < 1.29 is 14.7 Å². The van der Waals surface area contributed by atoms with Gasteiger partial charge in [-0.3, -0.25) is 4.79 Å². The molecule has 0 saturated carbocycles. The second-order valence-corrected chi connectivity index (χ2v) is 3.30. The van der Waals surface area contributed by atoms with Crippen LogP contribution >= 0.6 is 0 Å². The summed E-state index contributed by atoms with van der Waals surface area (Å²) in [5.41, 5.74) is 0. The molecule has 0 spiro atoms. The van der Waals surface area contributed by atoms with E-state index < -0.39 is 12.0 Å². The highest BCUT2D eigenvalue weighted by Crippen LogP contribution is 2.13. The maximum atomic E-state index is 11.0. The van der Waals surface area contributed by atoms with Crippen LogP contribution in [0.4, 0.5) is 0 Å². The van der Waals surface area contributed by atoms with Gasteiger partial charge >= 0.3 is 5.97 Å². The summed E-state index contributed by atoms with van der Waals surface area (Å²) in [5, 5.41) is 8.90. The van der Waals surface area contributed by atoms with E-state index in [2.05, 4.69) is 0 Å². The molecule has 0 aromatic carbocycles. The van der Waals surface area contributed by atoms with Crippen molar-refractivity contribution in [3.8, 4) is 0 Å². The molecule has 76 valence electrons. The van der Waals surface area contributed by atoms with Gasteiger partial charge in [-0.05, 0) is 5.92 Å². The number of rotatable bonds is 4. The number of carbonyl (C=O) groups is 2. The molecule has 1 N–H and O–H groups in total. The summed E-state index contributed by atoms with van der Waals surface area (Å²) in [6.45, 7) is 5.12. The van der Waals surface area contributed by atoms with Crippen LogP contribution in [-0.4, -0.2) is 35.0 Å².